The molecule has 6 nitrogen and oxygen atoms in total. The Hall–Kier alpha value is -3.46. The molecule has 3 aromatic rings. The molecule has 116 valence electrons. The highest BCUT2D eigenvalue weighted by Gasteiger charge is 2.32. The summed E-state index contributed by atoms with van der Waals surface area (Å²) < 4.78 is 5.70. The van der Waals surface area contributed by atoms with Crippen molar-refractivity contribution >= 4 is 5.82 Å². The van der Waals surface area contributed by atoms with Crippen LogP contribution in [0.3, 0.4) is 0 Å². The first-order valence-corrected chi connectivity index (χ1v) is 7.49. The third kappa shape index (κ3) is 2.32. The number of hydrogen-bond donors (Lipinski definition) is 1. The second-order valence-corrected chi connectivity index (χ2v) is 5.65. The molecule has 0 aliphatic carbocycles. The van der Waals surface area contributed by atoms with Gasteiger partial charge in [0.1, 0.15) is 5.82 Å². The van der Waals surface area contributed by atoms with E-state index in [-0.39, 0.29) is 11.5 Å². The van der Waals surface area contributed by atoms with Gasteiger partial charge in [0, 0.05) is 31.4 Å². The molecular formula is C18H15N5O+2. The average Bonchev–Trinajstić information content (AvgIpc) is 2.94. The largest absolute Gasteiger partial charge is 0.382 e. The molecule has 0 unspecified atom stereocenters. The first kappa shape index (κ1) is 14.2. The van der Waals surface area contributed by atoms with E-state index in [4.69, 9.17) is 5.73 Å². The van der Waals surface area contributed by atoms with Gasteiger partial charge >= 0.3 is 12.4 Å². The highest BCUT2D eigenvalue weighted by Crippen LogP contribution is 2.14. The fourth-order valence-electron chi connectivity index (χ4n) is 2.76. The van der Waals surface area contributed by atoms with E-state index in [1.807, 2.05) is 24.4 Å². The van der Waals surface area contributed by atoms with Gasteiger partial charge in [-0.15, -0.1) is 9.13 Å². The van der Waals surface area contributed by atoms with Gasteiger partial charge in [-0.05, 0) is 12.1 Å². The smallest absolute Gasteiger partial charge is 0.349 e. The van der Waals surface area contributed by atoms with Crippen LogP contribution in [0.25, 0.3) is 11.4 Å². The number of aromatic nitrogens is 4. The maximum absolute atomic E-state index is 11.4. The van der Waals surface area contributed by atoms with Gasteiger partial charge in [-0.2, -0.15) is 4.98 Å². The van der Waals surface area contributed by atoms with Crippen molar-refractivity contribution in [2.45, 2.75) is 6.67 Å². The second kappa shape index (κ2) is 5.32. The number of aryl methyl sites for hydroxylation is 1. The van der Waals surface area contributed by atoms with Gasteiger partial charge < -0.3 is 10.3 Å². The van der Waals surface area contributed by atoms with Crippen LogP contribution >= 0.6 is 0 Å². The van der Waals surface area contributed by atoms with E-state index in [0.29, 0.717) is 5.56 Å². The lowest BCUT2D eigenvalue weighted by atomic mass is 10.2. The first-order valence-electron chi connectivity index (χ1n) is 7.49. The summed E-state index contributed by atoms with van der Waals surface area (Å²) in [5.74, 6) is 6.24. The average molecular weight is 317 g/mol. The summed E-state index contributed by atoms with van der Waals surface area (Å²) in [7, 11) is 1.62. The number of nitrogens with two attached hydrogens (primary N) is 1. The summed E-state index contributed by atoms with van der Waals surface area (Å²) >= 11 is 0. The normalized spacial score (nSPS) is 11.4. The minimum atomic E-state index is -0.388. The van der Waals surface area contributed by atoms with Crippen molar-refractivity contribution in [2.24, 2.45) is 7.05 Å². The molecule has 0 aromatic carbocycles. The van der Waals surface area contributed by atoms with Crippen molar-refractivity contribution in [1.29, 1.82) is 0 Å². The zero-order valence-electron chi connectivity index (χ0n) is 13.1. The number of pyridine rings is 2. The van der Waals surface area contributed by atoms with Crippen LogP contribution in [0.4, 0.5) is 5.82 Å². The summed E-state index contributed by atoms with van der Waals surface area (Å²) in [4.78, 5) is 15.2. The summed E-state index contributed by atoms with van der Waals surface area (Å²) in [6, 6.07) is 10.2. The molecule has 1 aliphatic rings. The lowest BCUT2D eigenvalue weighted by molar-refractivity contribution is -0.877. The zero-order valence-corrected chi connectivity index (χ0v) is 13.1. The topological polar surface area (TPSA) is 68.7 Å². The molecule has 4 heterocycles. The fraction of sp³-hybridized carbons (Fsp3) is 0.111. The van der Waals surface area contributed by atoms with Crippen LogP contribution < -0.4 is 20.6 Å². The van der Waals surface area contributed by atoms with E-state index in [1.165, 1.54) is 10.3 Å². The first-order chi connectivity index (χ1) is 11.6. The van der Waals surface area contributed by atoms with Crippen molar-refractivity contribution < 1.29 is 9.13 Å². The van der Waals surface area contributed by atoms with Gasteiger partial charge in [-0.3, -0.25) is 0 Å². The Morgan fingerprint density at radius 3 is 2.88 bits per heavy atom. The SMILES string of the molecule is Cn1cc(C#Cc2ccc3[n+](c2)C[n+]2ccccc2-3)c(N)nc1=O. The molecule has 3 aromatic heterocycles. The van der Waals surface area contributed by atoms with Gasteiger partial charge in [0.15, 0.2) is 12.4 Å². The van der Waals surface area contributed by atoms with Crippen molar-refractivity contribution in [2.75, 3.05) is 5.73 Å². The Kier molecular flexibility index (Phi) is 3.14. The predicted octanol–water partition coefficient (Wildman–Crippen LogP) is -0.177. The maximum atomic E-state index is 11.4. The molecule has 0 bridgehead atoms. The highest BCUT2D eigenvalue weighted by molar-refractivity contribution is 5.53. The third-order valence-corrected chi connectivity index (χ3v) is 3.99. The van der Waals surface area contributed by atoms with Crippen molar-refractivity contribution in [3.05, 3.63) is 70.5 Å². The predicted molar refractivity (Wildman–Crippen MR) is 87.5 cm³/mol. The molecule has 0 saturated carbocycles. The number of nitrogens with zero attached hydrogens (tertiary/aromatic N) is 4. The monoisotopic (exact) mass is 317 g/mol. The number of hydrogen-bond acceptors (Lipinski definition) is 3. The second-order valence-electron chi connectivity index (χ2n) is 5.65. The summed E-state index contributed by atoms with van der Waals surface area (Å²) in [5.41, 5.74) is 9.14. The Morgan fingerprint density at radius 2 is 2.00 bits per heavy atom. The minimum absolute atomic E-state index is 0.155. The summed E-state index contributed by atoms with van der Waals surface area (Å²) in [5, 5.41) is 0. The molecule has 0 spiro atoms. The molecule has 4 rings (SSSR count). The van der Waals surface area contributed by atoms with Crippen molar-refractivity contribution in [1.82, 2.24) is 9.55 Å². The van der Waals surface area contributed by atoms with Gasteiger partial charge in [-0.1, -0.05) is 11.8 Å². The summed E-state index contributed by atoms with van der Waals surface area (Å²) in [6.07, 6.45) is 5.68. The maximum Gasteiger partial charge on any atom is 0.349 e. The Labute approximate surface area is 138 Å². The Bertz CT molecular complexity index is 1090. The van der Waals surface area contributed by atoms with Gasteiger partial charge in [0.05, 0.1) is 11.1 Å². The summed E-state index contributed by atoms with van der Waals surface area (Å²) in [6.45, 7) is 0.768. The number of nitrogen functional groups attached to an aromatic ring is 1. The van der Waals surface area contributed by atoms with E-state index in [0.717, 1.165) is 17.9 Å². The van der Waals surface area contributed by atoms with Crippen LogP contribution in [-0.2, 0) is 13.7 Å². The fourth-order valence-corrected chi connectivity index (χ4v) is 2.76. The molecule has 0 atom stereocenters. The standard InChI is InChI=1S/C18H14N5O/c1-21-11-14(17(19)20-18(21)24)7-5-13-6-8-16-15-4-2-3-9-22(15)12-23(16)10-13/h2-4,6,8-11H,12H2,1H3,(H-,19,20,24)/q+1/p+1. The van der Waals surface area contributed by atoms with Crippen LogP contribution in [0.1, 0.15) is 11.1 Å². The molecule has 0 saturated heterocycles. The molecule has 24 heavy (non-hydrogen) atoms. The lowest BCUT2D eigenvalue weighted by Gasteiger charge is -1.99. The van der Waals surface area contributed by atoms with Crippen molar-refractivity contribution in [3.8, 4) is 23.2 Å². The minimum Gasteiger partial charge on any atom is -0.382 e. The van der Waals surface area contributed by atoms with Gasteiger partial charge in [-0.25, -0.2) is 4.79 Å². The molecule has 6 heteroatoms. The van der Waals surface area contributed by atoms with E-state index in [9.17, 15) is 4.79 Å². The molecule has 1 aliphatic heterocycles. The number of fused-ring (bicyclic) bond motifs is 3. The van der Waals surface area contributed by atoms with E-state index in [2.05, 4.69) is 44.3 Å². The third-order valence-electron chi connectivity index (χ3n) is 3.99. The molecular weight excluding hydrogens is 302 g/mol. The number of anilines is 1. The molecule has 0 fully saturated rings. The van der Waals surface area contributed by atoms with Gasteiger partial charge in [0.2, 0.25) is 0 Å². The van der Waals surface area contributed by atoms with E-state index >= 15 is 0 Å². The molecule has 0 amide bonds. The quantitative estimate of drug-likeness (QED) is 0.361. The van der Waals surface area contributed by atoms with E-state index in [1.54, 1.807) is 13.2 Å². The molecule has 0 radical (unpaired) electrons. The zero-order chi connectivity index (χ0) is 16.7. The lowest BCUT2D eigenvalue weighted by Crippen LogP contribution is -2.45. The van der Waals surface area contributed by atoms with Crippen LogP contribution in [0.2, 0.25) is 0 Å². The van der Waals surface area contributed by atoms with Crippen LogP contribution in [0, 0.1) is 11.8 Å². The Balaban J connectivity index is 1.71. The van der Waals surface area contributed by atoms with Crippen molar-refractivity contribution in [3.63, 3.8) is 0 Å². The van der Waals surface area contributed by atoms with Crippen LogP contribution in [-0.4, -0.2) is 9.55 Å². The van der Waals surface area contributed by atoms with Crippen LogP contribution in [0.15, 0.2) is 53.7 Å². The Morgan fingerprint density at radius 1 is 1.17 bits per heavy atom. The number of rotatable bonds is 0. The van der Waals surface area contributed by atoms with Gasteiger partial charge in [0.25, 0.3) is 11.4 Å². The molecule has 2 N–H and O–H groups in total. The highest BCUT2D eigenvalue weighted by atomic mass is 16.1. The van der Waals surface area contributed by atoms with Crippen LogP contribution in [0.5, 0.6) is 0 Å². The van der Waals surface area contributed by atoms with E-state index < -0.39 is 0 Å².